The fourth-order valence-electron chi connectivity index (χ4n) is 5.66. The molecule has 1 aromatic heterocycles. The Morgan fingerprint density at radius 3 is 2.67 bits per heavy atom. The van der Waals surface area contributed by atoms with Crippen LogP contribution in [0.25, 0.3) is 11.3 Å². The second-order valence-corrected chi connectivity index (χ2v) is 10.4. The minimum Gasteiger partial charge on any atom is -0.392 e. The maximum Gasteiger partial charge on any atom is 0.211 e. The number of fused-ring (bicyclic) bond motifs is 3. The molecule has 1 spiro atoms. The zero-order valence-corrected chi connectivity index (χ0v) is 16.3. The van der Waals surface area contributed by atoms with Crippen LogP contribution in [0.4, 0.5) is 0 Å². The maximum atomic E-state index is 11.8. The third kappa shape index (κ3) is 2.52. The van der Waals surface area contributed by atoms with Crippen LogP contribution in [-0.4, -0.2) is 52.8 Å². The van der Waals surface area contributed by atoms with Gasteiger partial charge in [0, 0.05) is 24.6 Å². The van der Waals surface area contributed by atoms with E-state index in [2.05, 4.69) is 27.8 Å². The van der Waals surface area contributed by atoms with Crippen molar-refractivity contribution in [2.75, 3.05) is 19.3 Å². The Morgan fingerprint density at radius 2 is 1.93 bits per heavy atom. The first kappa shape index (κ1) is 17.4. The van der Waals surface area contributed by atoms with Crippen LogP contribution in [0.3, 0.4) is 0 Å². The molecule has 5 rings (SSSR count). The highest BCUT2D eigenvalue weighted by atomic mass is 32.2. The van der Waals surface area contributed by atoms with Crippen molar-refractivity contribution in [2.45, 2.75) is 37.8 Å². The highest BCUT2D eigenvalue weighted by Crippen LogP contribution is 2.55. The summed E-state index contributed by atoms with van der Waals surface area (Å²) in [4.78, 5) is 4.34. The lowest BCUT2D eigenvalue weighted by atomic mass is 9.73. The van der Waals surface area contributed by atoms with Crippen molar-refractivity contribution in [1.29, 1.82) is 0 Å². The molecule has 3 heterocycles. The summed E-state index contributed by atoms with van der Waals surface area (Å²) in [5.41, 5.74) is 3.43. The first-order valence-electron chi connectivity index (χ1n) is 9.65. The first-order chi connectivity index (χ1) is 12.9. The number of benzene rings is 1. The molecule has 27 heavy (non-hydrogen) atoms. The largest absolute Gasteiger partial charge is 0.392 e. The molecule has 1 N–H and O–H groups in total. The number of imidazole rings is 1. The van der Waals surface area contributed by atoms with E-state index < -0.39 is 16.1 Å². The molecule has 2 aliphatic heterocycles. The van der Waals surface area contributed by atoms with Gasteiger partial charge in [0.1, 0.15) is 0 Å². The van der Waals surface area contributed by atoms with Crippen LogP contribution in [0, 0.1) is 11.3 Å². The fraction of sp³-hybridized carbons (Fsp3) is 0.550. The van der Waals surface area contributed by atoms with Gasteiger partial charge in [-0.05, 0) is 36.7 Å². The molecular weight excluding hydrogens is 362 g/mol. The summed E-state index contributed by atoms with van der Waals surface area (Å²) in [5, 5.41) is 11.4. The van der Waals surface area contributed by atoms with Crippen LogP contribution >= 0.6 is 0 Å². The van der Waals surface area contributed by atoms with E-state index in [1.54, 1.807) is 4.31 Å². The van der Waals surface area contributed by atoms with Gasteiger partial charge in [-0.15, -0.1) is 0 Å². The SMILES string of the molecule is CS(=O)(=O)N1CCC2(CC[C@H]([C@@H]3c4ccccc4-c4cncn43)[C@@H]2O)CC1. The van der Waals surface area contributed by atoms with Crippen molar-refractivity contribution in [3.05, 3.63) is 42.4 Å². The van der Waals surface area contributed by atoms with Gasteiger partial charge in [-0.25, -0.2) is 17.7 Å². The van der Waals surface area contributed by atoms with Crippen LogP contribution in [-0.2, 0) is 10.0 Å². The molecule has 3 aliphatic rings. The monoisotopic (exact) mass is 387 g/mol. The fourth-order valence-corrected chi connectivity index (χ4v) is 6.51. The Morgan fingerprint density at radius 1 is 1.19 bits per heavy atom. The first-order valence-corrected chi connectivity index (χ1v) is 11.5. The summed E-state index contributed by atoms with van der Waals surface area (Å²) >= 11 is 0. The van der Waals surface area contributed by atoms with Gasteiger partial charge in [0.25, 0.3) is 0 Å². The zero-order valence-electron chi connectivity index (χ0n) is 15.5. The van der Waals surface area contributed by atoms with E-state index in [4.69, 9.17) is 0 Å². The Kier molecular flexibility index (Phi) is 3.80. The zero-order chi connectivity index (χ0) is 18.8. The van der Waals surface area contributed by atoms with E-state index in [-0.39, 0.29) is 17.4 Å². The quantitative estimate of drug-likeness (QED) is 0.858. The molecule has 7 heteroatoms. The number of rotatable bonds is 2. The number of piperidine rings is 1. The number of nitrogens with zero attached hydrogens (tertiary/aromatic N) is 3. The van der Waals surface area contributed by atoms with Crippen LogP contribution in [0.15, 0.2) is 36.8 Å². The predicted octanol–water partition coefficient (Wildman–Crippen LogP) is 2.27. The minimum absolute atomic E-state index is 0.112. The molecule has 1 aliphatic carbocycles. The highest BCUT2D eigenvalue weighted by Gasteiger charge is 2.53. The Bertz CT molecular complexity index is 976. The summed E-state index contributed by atoms with van der Waals surface area (Å²) in [5.74, 6) is 0.131. The van der Waals surface area contributed by atoms with Crippen LogP contribution in [0.2, 0.25) is 0 Å². The Labute approximate surface area is 159 Å². The average molecular weight is 388 g/mol. The average Bonchev–Trinajstić information content (AvgIpc) is 3.30. The van der Waals surface area contributed by atoms with Crippen molar-refractivity contribution in [3.8, 4) is 11.3 Å². The second kappa shape index (κ2) is 5.90. The van der Waals surface area contributed by atoms with Gasteiger partial charge in [-0.2, -0.15) is 0 Å². The summed E-state index contributed by atoms with van der Waals surface area (Å²) in [6, 6.07) is 8.52. The lowest BCUT2D eigenvalue weighted by Crippen LogP contribution is -2.47. The highest BCUT2D eigenvalue weighted by molar-refractivity contribution is 7.88. The molecule has 3 atom stereocenters. The van der Waals surface area contributed by atoms with Crippen molar-refractivity contribution in [3.63, 3.8) is 0 Å². The Hall–Kier alpha value is -1.70. The van der Waals surface area contributed by atoms with E-state index in [0.717, 1.165) is 31.4 Å². The van der Waals surface area contributed by atoms with Crippen LogP contribution in [0.1, 0.15) is 37.3 Å². The molecule has 0 radical (unpaired) electrons. The van der Waals surface area contributed by atoms with Gasteiger partial charge in [-0.3, -0.25) is 0 Å². The summed E-state index contributed by atoms with van der Waals surface area (Å²) in [6.07, 6.45) is 8.02. The van der Waals surface area contributed by atoms with Gasteiger partial charge in [-0.1, -0.05) is 24.3 Å². The van der Waals surface area contributed by atoms with Gasteiger partial charge in [0.15, 0.2) is 0 Å². The van der Waals surface area contributed by atoms with Crippen molar-refractivity contribution < 1.29 is 13.5 Å². The molecular formula is C20H25N3O3S. The van der Waals surface area contributed by atoms with Crippen LogP contribution in [0.5, 0.6) is 0 Å². The van der Waals surface area contributed by atoms with E-state index >= 15 is 0 Å². The van der Waals surface area contributed by atoms with E-state index in [1.807, 2.05) is 18.6 Å². The number of aliphatic hydroxyl groups is 1. The van der Waals surface area contributed by atoms with Gasteiger partial charge < -0.3 is 9.67 Å². The second-order valence-electron chi connectivity index (χ2n) is 8.39. The molecule has 0 amide bonds. The number of aliphatic hydroxyl groups excluding tert-OH is 1. The van der Waals surface area contributed by atoms with E-state index in [0.29, 0.717) is 13.1 Å². The summed E-state index contributed by atoms with van der Waals surface area (Å²) in [7, 11) is -3.15. The van der Waals surface area contributed by atoms with Crippen molar-refractivity contribution in [2.24, 2.45) is 11.3 Å². The third-order valence-corrected chi connectivity index (χ3v) is 8.43. The van der Waals surface area contributed by atoms with Gasteiger partial charge >= 0.3 is 0 Å². The number of aromatic nitrogens is 2. The molecule has 1 aromatic carbocycles. The smallest absolute Gasteiger partial charge is 0.211 e. The number of hydrogen-bond acceptors (Lipinski definition) is 4. The molecule has 0 bridgehead atoms. The molecule has 0 unspecified atom stereocenters. The lowest BCUT2D eigenvalue weighted by Gasteiger charge is -2.42. The predicted molar refractivity (Wildman–Crippen MR) is 103 cm³/mol. The number of sulfonamides is 1. The molecule has 2 fully saturated rings. The van der Waals surface area contributed by atoms with Crippen molar-refractivity contribution >= 4 is 10.0 Å². The number of hydrogen-bond donors (Lipinski definition) is 1. The molecule has 1 saturated carbocycles. The normalized spacial score (nSPS) is 29.8. The van der Waals surface area contributed by atoms with Crippen LogP contribution < -0.4 is 0 Å². The van der Waals surface area contributed by atoms with E-state index in [9.17, 15) is 13.5 Å². The molecule has 1 saturated heterocycles. The third-order valence-electron chi connectivity index (χ3n) is 7.12. The van der Waals surface area contributed by atoms with E-state index in [1.165, 1.54) is 17.4 Å². The standard InChI is InChI=1S/C20H25N3O3S/c1-27(25,26)22-10-8-20(9-11-22)7-6-16(19(20)24)18-15-5-3-2-4-14(15)17-12-21-13-23(17)18/h2-5,12-13,16,18-19,24H,6-11H2,1H3/t16-,18+,19+/m1/s1. The summed E-state index contributed by atoms with van der Waals surface area (Å²) in [6.45, 7) is 1.03. The van der Waals surface area contributed by atoms with Crippen molar-refractivity contribution in [1.82, 2.24) is 13.9 Å². The minimum atomic E-state index is -3.15. The molecule has 6 nitrogen and oxygen atoms in total. The Balaban J connectivity index is 1.44. The lowest BCUT2D eigenvalue weighted by molar-refractivity contribution is -0.0145. The molecule has 144 valence electrons. The molecule has 2 aromatic rings. The summed E-state index contributed by atoms with van der Waals surface area (Å²) < 4.78 is 27.4. The topological polar surface area (TPSA) is 75.4 Å². The maximum absolute atomic E-state index is 11.8. The van der Waals surface area contributed by atoms with Gasteiger partial charge in [0.05, 0.1) is 36.6 Å². The van der Waals surface area contributed by atoms with Gasteiger partial charge in [0.2, 0.25) is 10.0 Å².